The summed E-state index contributed by atoms with van der Waals surface area (Å²) in [6.07, 6.45) is -3.86. The Morgan fingerprint density at radius 1 is 0.967 bits per heavy atom. The molecule has 1 aliphatic heterocycles. The Kier molecular flexibility index (Phi) is 5.24. The molecule has 0 radical (unpaired) electrons. The molecule has 1 amide bonds. The molecule has 0 spiro atoms. The van der Waals surface area contributed by atoms with Gasteiger partial charge in [-0.2, -0.15) is 13.2 Å². The minimum absolute atomic E-state index is 0.0100. The maximum Gasteiger partial charge on any atom is 0.416 e. The molecule has 0 bridgehead atoms. The van der Waals surface area contributed by atoms with Crippen LogP contribution in [0.5, 0.6) is 0 Å². The van der Waals surface area contributed by atoms with E-state index in [-0.39, 0.29) is 17.6 Å². The van der Waals surface area contributed by atoms with E-state index in [1.807, 2.05) is 61.5 Å². The number of rotatable bonds is 3. The molecular formula is C24H21F3N2O. The van der Waals surface area contributed by atoms with E-state index in [0.29, 0.717) is 12.1 Å². The maximum absolute atomic E-state index is 13.3. The van der Waals surface area contributed by atoms with E-state index in [1.54, 1.807) is 4.90 Å². The molecule has 6 heteroatoms. The molecule has 0 saturated carbocycles. The maximum atomic E-state index is 13.3. The summed E-state index contributed by atoms with van der Waals surface area (Å²) in [6, 6.07) is 21.7. The van der Waals surface area contributed by atoms with Crippen LogP contribution in [-0.4, -0.2) is 11.9 Å². The van der Waals surface area contributed by atoms with Gasteiger partial charge in [-0.1, -0.05) is 42.5 Å². The molecule has 0 fully saturated rings. The SMILES string of the molecule is C[C@@H]1C[C@H](Nc2ccccc2)c2ccccc2N1C(=O)c1cccc(C(F)(F)F)c1. The van der Waals surface area contributed by atoms with Crippen LogP contribution >= 0.6 is 0 Å². The second kappa shape index (κ2) is 7.86. The number of nitrogens with zero attached hydrogens (tertiary/aromatic N) is 1. The molecule has 30 heavy (non-hydrogen) atoms. The number of halogens is 3. The third-order valence-electron chi connectivity index (χ3n) is 5.36. The molecule has 3 nitrogen and oxygen atoms in total. The van der Waals surface area contributed by atoms with E-state index in [0.717, 1.165) is 23.4 Å². The lowest BCUT2D eigenvalue weighted by Gasteiger charge is -2.40. The van der Waals surface area contributed by atoms with Gasteiger partial charge in [0.25, 0.3) is 5.91 Å². The van der Waals surface area contributed by atoms with Gasteiger partial charge in [0, 0.05) is 23.0 Å². The van der Waals surface area contributed by atoms with E-state index in [9.17, 15) is 18.0 Å². The Morgan fingerprint density at radius 2 is 1.67 bits per heavy atom. The fraction of sp³-hybridized carbons (Fsp3) is 0.208. The lowest BCUT2D eigenvalue weighted by molar-refractivity contribution is -0.137. The van der Waals surface area contributed by atoms with Crippen LogP contribution in [0.2, 0.25) is 0 Å². The smallest absolute Gasteiger partial charge is 0.378 e. The topological polar surface area (TPSA) is 32.3 Å². The first-order valence-electron chi connectivity index (χ1n) is 9.76. The fourth-order valence-corrected chi connectivity index (χ4v) is 3.96. The summed E-state index contributed by atoms with van der Waals surface area (Å²) in [7, 11) is 0. The number of anilines is 2. The number of para-hydroxylation sites is 2. The first-order valence-corrected chi connectivity index (χ1v) is 9.76. The highest BCUT2D eigenvalue weighted by Crippen LogP contribution is 2.40. The number of hydrogen-bond acceptors (Lipinski definition) is 2. The van der Waals surface area contributed by atoms with Crippen molar-refractivity contribution < 1.29 is 18.0 Å². The van der Waals surface area contributed by atoms with Crippen molar-refractivity contribution in [1.82, 2.24) is 0 Å². The quantitative estimate of drug-likeness (QED) is 0.550. The number of benzene rings is 3. The van der Waals surface area contributed by atoms with Crippen LogP contribution in [0.25, 0.3) is 0 Å². The lowest BCUT2D eigenvalue weighted by atomic mass is 9.90. The van der Waals surface area contributed by atoms with Crippen molar-refractivity contribution in [2.75, 3.05) is 10.2 Å². The number of carbonyl (C=O) groups excluding carboxylic acids is 1. The lowest BCUT2D eigenvalue weighted by Crippen LogP contribution is -2.44. The fourth-order valence-electron chi connectivity index (χ4n) is 3.96. The van der Waals surface area contributed by atoms with Crippen LogP contribution in [0.1, 0.15) is 40.9 Å². The van der Waals surface area contributed by atoms with Crippen LogP contribution in [0.3, 0.4) is 0 Å². The third kappa shape index (κ3) is 3.90. The van der Waals surface area contributed by atoms with Crippen LogP contribution in [0.4, 0.5) is 24.5 Å². The van der Waals surface area contributed by atoms with Gasteiger partial charge < -0.3 is 10.2 Å². The van der Waals surface area contributed by atoms with Gasteiger partial charge >= 0.3 is 6.18 Å². The molecule has 1 heterocycles. The van der Waals surface area contributed by atoms with Gasteiger partial charge in [-0.3, -0.25) is 4.79 Å². The average molecular weight is 410 g/mol. The van der Waals surface area contributed by atoms with Gasteiger partial charge in [0.05, 0.1) is 11.6 Å². The van der Waals surface area contributed by atoms with Gasteiger partial charge in [0.15, 0.2) is 0 Å². The van der Waals surface area contributed by atoms with Gasteiger partial charge in [-0.15, -0.1) is 0 Å². The Bertz CT molecular complexity index is 1050. The van der Waals surface area contributed by atoms with E-state index < -0.39 is 17.6 Å². The molecule has 3 aromatic carbocycles. The van der Waals surface area contributed by atoms with Gasteiger partial charge in [0.1, 0.15) is 0 Å². The van der Waals surface area contributed by atoms with Crippen LogP contribution in [-0.2, 0) is 6.18 Å². The molecule has 0 aromatic heterocycles. The number of nitrogens with one attached hydrogen (secondary N) is 1. The van der Waals surface area contributed by atoms with Crippen molar-refractivity contribution in [1.29, 1.82) is 0 Å². The summed E-state index contributed by atoms with van der Waals surface area (Å²) in [5, 5.41) is 3.51. The number of amides is 1. The summed E-state index contributed by atoms with van der Waals surface area (Å²) in [5.74, 6) is -0.431. The predicted octanol–water partition coefficient (Wildman–Crippen LogP) is 6.30. The molecule has 2 atom stereocenters. The summed E-state index contributed by atoms with van der Waals surface area (Å²) in [4.78, 5) is 14.9. The molecule has 4 rings (SSSR count). The Hall–Kier alpha value is -3.28. The highest BCUT2D eigenvalue weighted by Gasteiger charge is 2.35. The zero-order valence-electron chi connectivity index (χ0n) is 16.4. The van der Waals surface area contributed by atoms with Gasteiger partial charge in [-0.25, -0.2) is 0 Å². The van der Waals surface area contributed by atoms with Crippen LogP contribution in [0.15, 0.2) is 78.9 Å². The Balaban J connectivity index is 1.69. The third-order valence-corrected chi connectivity index (χ3v) is 5.36. The zero-order valence-corrected chi connectivity index (χ0v) is 16.4. The number of alkyl halides is 3. The normalized spacial score (nSPS) is 18.6. The first kappa shape index (κ1) is 20.0. The number of carbonyl (C=O) groups is 1. The molecule has 1 aliphatic rings. The van der Waals surface area contributed by atoms with Crippen LogP contribution in [0, 0.1) is 0 Å². The molecule has 0 aliphatic carbocycles. The molecule has 154 valence electrons. The zero-order chi connectivity index (χ0) is 21.3. The standard InChI is InChI=1S/C24H21F3N2O/c1-16-14-21(28-19-10-3-2-4-11-19)20-12-5-6-13-22(20)29(16)23(30)17-8-7-9-18(15-17)24(25,26)27/h2-13,15-16,21,28H,14H2,1H3/t16-,21+/m1/s1. The summed E-state index contributed by atoms with van der Waals surface area (Å²) >= 11 is 0. The van der Waals surface area contributed by atoms with E-state index >= 15 is 0 Å². The second-order valence-corrected chi connectivity index (χ2v) is 7.46. The highest BCUT2D eigenvalue weighted by atomic mass is 19.4. The van der Waals surface area contributed by atoms with Crippen molar-refractivity contribution >= 4 is 17.3 Å². The summed E-state index contributed by atoms with van der Waals surface area (Å²) in [6.45, 7) is 1.92. The van der Waals surface area contributed by atoms with Crippen molar-refractivity contribution in [2.24, 2.45) is 0 Å². The Morgan fingerprint density at radius 3 is 2.40 bits per heavy atom. The first-order chi connectivity index (χ1) is 14.3. The van der Waals surface area contributed by atoms with Crippen molar-refractivity contribution in [3.63, 3.8) is 0 Å². The highest BCUT2D eigenvalue weighted by molar-refractivity contribution is 6.07. The van der Waals surface area contributed by atoms with Gasteiger partial charge in [-0.05, 0) is 55.3 Å². The second-order valence-electron chi connectivity index (χ2n) is 7.46. The largest absolute Gasteiger partial charge is 0.416 e. The van der Waals surface area contributed by atoms with Crippen molar-refractivity contribution in [2.45, 2.75) is 31.6 Å². The molecule has 1 N–H and O–H groups in total. The molecular weight excluding hydrogens is 389 g/mol. The van der Waals surface area contributed by atoms with E-state index in [4.69, 9.17) is 0 Å². The molecule has 0 unspecified atom stereocenters. The van der Waals surface area contributed by atoms with E-state index in [1.165, 1.54) is 12.1 Å². The van der Waals surface area contributed by atoms with Gasteiger partial charge in [0.2, 0.25) is 0 Å². The minimum atomic E-state index is -4.49. The predicted molar refractivity (Wildman–Crippen MR) is 112 cm³/mol. The average Bonchev–Trinajstić information content (AvgIpc) is 2.74. The van der Waals surface area contributed by atoms with Crippen molar-refractivity contribution in [3.05, 3.63) is 95.6 Å². The van der Waals surface area contributed by atoms with Crippen LogP contribution < -0.4 is 10.2 Å². The monoisotopic (exact) mass is 410 g/mol. The number of fused-ring (bicyclic) bond motifs is 1. The van der Waals surface area contributed by atoms with Crippen molar-refractivity contribution in [3.8, 4) is 0 Å². The summed E-state index contributed by atoms with van der Waals surface area (Å²) in [5.41, 5.74) is 1.84. The minimum Gasteiger partial charge on any atom is -0.378 e. The summed E-state index contributed by atoms with van der Waals surface area (Å²) < 4.78 is 39.3. The van der Waals surface area contributed by atoms with E-state index in [2.05, 4.69) is 5.32 Å². The Labute approximate surface area is 173 Å². The molecule has 3 aromatic rings. The number of hydrogen-bond donors (Lipinski definition) is 1. The molecule has 0 saturated heterocycles.